The van der Waals surface area contributed by atoms with Gasteiger partial charge in [0.05, 0.1) is 12.8 Å². The van der Waals surface area contributed by atoms with Crippen molar-refractivity contribution in [3.05, 3.63) is 40.0 Å². The van der Waals surface area contributed by atoms with E-state index in [1.54, 1.807) is 19.2 Å². The molecule has 0 saturated heterocycles. The highest BCUT2D eigenvalue weighted by molar-refractivity contribution is 9.10. The van der Waals surface area contributed by atoms with Crippen molar-refractivity contribution in [3.8, 4) is 5.75 Å². The number of methoxy groups -OCH3 is 1. The van der Waals surface area contributed by atoms with Crippen LogP contribution in [0, 0.1) is 0 Å². The van der Waals surface area contributed by atoms with E-state index in [1.807, 2.05) is 18.2 Å². The zero-order valence-electron chi connectivity index (χ0n) is 9.58. The zero-order valence-corrected chi connectivity index (χ0v) is 11.9. The lowest BCUT2D eigenvalue weighted by Gasteiger charge is -2.11. The largest absolute Gasteiger partial charge is 0.495 e. The Labute approximate surface area is 118 Å². The molecule has 0 aliphatic heterocycles. The van der Waals surface area contributed by atoms with Crippen molar-refractivity contribution in [2.75, 3.05) is 18.2 Å². The molecule has 1 aromatic heterocycles. The number of hydrogen-bond acceptors (Lipinski definition) is 4. The number of aromatic nitrogens is 1. The summed E-state index contributed by atoms with van der Waals surface area (Å²) in [5.74, 6) is 1.27. The minimum absolute atomic E-state index is 0.339. The number of nitrogens with two attached hydrogens (primary N) is 1. The normalized spacial score (nSPS) is 10.2. The van der Waals surface area contributed by atoms with E-state index in [4.69, 9.17) is 22.1 Å². The fourth-order valence-corrected chi connectivity index (χ4v) is 2.07. The number of nitrogen functional groups attached to an aromatic ring is 1. The predicted molar refractivity (Wildman–Crippen MR) is 77.6 cm³/mol. The molecule has 0 aliphatic rings. The van der Waals surface area contributed by atoms with Crippen molar-refractivity contribution in [1.82, 2.24) is 4.98 Å². The summed E-state index contributed by atoms with van der Waals surface area (Å²) in [7, 11) is 1.61. The van der Waals surface area contributed by atoms with E-state index in [9.17, 15) is 0 Å². The molecular formula is C12H11BrClN3O. The van der Waals surface area contributed by atoms with E-state index in [1.165, 1.54) is 0 Å². The molecule has 0 radical (unpaired) electrons. The maximum absolute atomic E-state index is 5.85. The number of halogens is 2. The van der Waals surface area contributed by atoms with Gasteiger partial charge in [-0.15, -0.1) is 0 Å². The van der Waals surface area contributed by atoms with Crippen molar-refractivity contribution in [2.45, 2.75) is 0 Å². The van der Waals surface area contributed by atoms with Gasteiger partial charge in [-0.25, -0.2) is 4.98 Å². The first-order valence-electron chi connectivity index (χ1n) is 5.12. The van der Waals surface area contributed by atoms with Gasteiger partial charge in [-0.1, -0.05) is 27.5 Å². The third kappa shape index (κ3) is 3.05. The van der Waals surface area contributed by atoms with Crippen LogP contribution in [0.3, 0.4) is 0 Å². The van der Waals surface area contributed by atoms with Crippen LogP contribution in [-0.4, -0.2) is 12.1 Å². The molecule has 2 rings (SSSR count). The molecule has 4 nitrogen and oxygen atoms in total. The Kier molecular flexibility index (Phi) is 3.93. The number of hydrogen-bond donors (Lipinski definition) is 2. The number of pyridine rings is 1. The van der Waals surface area contributed by atoms with Crippen LogP contribution in [-0.2, 0) is 0 Å². The first-order valence-corrected chi connectivity index (χ1v) is 6.29. The van der Waals surface area contributed by atoms with Crippen molar-refractivity contribution >= 4 is 44.7 Å². The summed E-state index contributed by atoms with van der Waals surface area (Å²) >= 11 is 9.25. The standard InChI is InChI=1S/C12H11BrClN3O/c1-18-10-3-2-7(13)4-9(10)16-12-6-8(15)5-11(14)17-12/h2-6H,1H3,(H3,15,16,17). The average molecular weight is 329 g/mol. The Morgan fingerprint density at radius 1 is 1.33 bits per heavy atom. The highest BCUT2D eigenvalue weighted by Gasteiger charge is 2.06. The van der Waals surface area contributed by atoms with Crippen LogP contribution in [0.1, 0.15) is 0 Å². The molecule has 0 spiro atoms. The fourth-order valence-electron chi connectivity index (χ4n) is 1.50. The minimum Gasteiger partial charge on any atom is -0.495 e. The molecule has 18 heavy (non-hydrogen) atoms. The molecule has 1 aromatic carbocycles. The molecule has 3 N–H and O–H groups in total. The van der Waals surface area contributed by atoms with Gasteiger partial charge in [0, 0.05) is 16.2 Å². The molecule has 94 valence electrons. The van der Waals surface area contributed by atoms with Crippen molar-refractivity contribution in [2.24, 2.45) is 0 Å². The maximum atomic E-state index is 5.85. The Morgan fingerprint density at radius 3 is 2.78 bits per heavy atom. The highest BCUT2D eigenvalue weighted by atomic mass is 79.9. The lowest BCUT2D eigenvalue weighted by molar-refractivity contribution is 0.416. The second-order valence-corrected chi connectivity index (χ2v) is 4.88. The number of rotatable bonds is 3. The van der Waals surface area contributed by atoms with Gasteiger partial charge in [0.1, 0.15) is 16.7 Å². The van der Waals surface area contributed by atoms with E-state index in [-0.39, 0.29) is 0 Å². The monoisotopic (exact) mass is 327 g/mol. The van der Waals surface area contributed by atoms with Gasteiger partial charge in [-0.05, 0) is 24.3 Å². The van der Waals surface area contributed by atoms with Crippen LogP contribution in [0.4, 0.5) is 17.2 Å². The van der Waals surface area contributed by atoms with E-state index in [2.05, 4.69) is 26.2 Å². The van der Waals surface area contributed by atoms with Crippen LogP contribution in [0.25, 0.3) is 0 Å². The summed E-state index contributed by atoms with van der Waals surface area (Å²) in [5.41, 5.74) is 7.03. The van der Waals surface area contributed by atoms with Crippen LogP contribution >= 0.6 is 27.5 Å². The van der Waals surface area contributed by atoms with Crippen LogP contribution < -0.4 is 15.8 Å². The lowest BCUT2D eigenvalue weighted by atomic mass is 10.3. The van der Waals surface area contributed by atoms with E-state index >= 15 is 0 Å². The summed E-state index contributed by atoms with van der Waals surface area (Å²) in [4.78, 5) is 4.14. The van der Waals surface area contributed by atoms with Gasteiger partial charge in [-0.3, -0.25) is 0 Å². The molecule has 0 aliphatic carbocycles. The Bertz CT molecular complexity index is 557. The smallest absolute Gasteiger partial charge is 0.142 e. The number of nitrogens with zero attached hydrogens (tertiary/aromatic N) is 1. The molecule has 0 unspecified atom stereocenters. The van der Waals surface area contributed by atoms with E-state index in [0.717, 1.165) is 10.2 Å². The molecule has 0 saturated carbocycles. The third-order valence-electron chi connectivity index (χ3n) is 2.24. The molecule has 0 bridgehead atoms. The van der Waals surface area contributed by atoms with Gasteiger partial charge < -0.3 is 15.8 Å². The number of benzene rings is 1. The average Bonchev–Trinajstić information content (AvgIpc) is 2.27. The Hall–Kier alpha value is -1.46. The summed E-state index contributed by atoms with van der Waals surface area (Å²) in [6.45, 7) is 0. The summed E-state index contributed by atoms with van der Waals surface area (Å²) in [6.07, 6.45) is 0. The van der Waals surface area contributed by atoms with Crippen LogP contribution in [0.2, 0.25) is 5.15 Å². The fraction of sp³-hybridized carbons (Fsp3) is 0.0833. The van der Waals surface area contributed by atoms with Gasteiger partial charge in [0.15, 0.2) is 0 Å². The molecule has 0 amide bonds. The number of nitrogens with one attached hydrogen (secondary N) is 1. The lowest BCUT2D eigenvalue weighted by Crippen LogP contribution is -1.98. The molecule has 0 atom stereocenters. The summed E-state index contributed by atoms with van der Waals surface area (Å²) in [5, 5.41) is 3.45. The zero-order chi connectivity index (χ0) is 13.1. The van der Waals surface area contributed by atoms with Crippen molar-refractivity contribution < 1.29 is 4.74 Å². The number of ether oxygens (including phenoxy) is 1. The van der Waals surface area contributed by atoms with Crippen molar-refractivity contribution in [3.63, 3.8) is 0 Å². The predicted octanol–water partition coefficient (Wildman–Crippen LogP) is 3.83. The summed E-state index contributed by atoms with van der Waals surface area (Å²) in [6, 6.07) is 8.92. The molecule has 0 fully saturated rings. The summed E-state index contributed by atoms with van der Waals surface area (Å²) < 4.78 is 6.19. The highest BCUT2D eigenvalue weighted by Crippen LogP contribution is 2.30. The van der Waals surface area contributed by atoms with Crippen LogP contribution in [0.15, 0.2) is 34.8 Å². The van der Waals surface area contributed by atoms with Gasteiger partial charge >= 0.3 is 0 Å². The SMILES string of the molecule is COc1ccc(Br)cc1Nc1cc(N)cc(Cl)n1. The molecular weight excluding hydrogens is 318 g/mol. The second-order valence-electron chi connectivity index (χ2n) is 3.58. The molecule has 2 aromatic rings. The van der Waals surface area contributed by atoms with E-state index < -0.39 is 0 Å². The number of anilines is 3. The quantitative estimate of drug-likeness (QED) is 0.841. The second kappa shape index (κ2) is 5.46. The topological polar surface area (TPSA) is 60.2 Å². The minimum atomic E-state index is 0.339. The van der Waals surface area contributed by atoms with Gasteiger partial charge in [0.2, 0.25) is 0 Å². The molecule has 6 heteroatoms. The Balaban J connectivity index is 2.35. The van der Waals surface area contributed by atoms with Crippen molar-refractivity contribution in [1.29, 1.82) is 0 Å². The van der Waals surface area contributed by atoms with E-state index in [0.29, 0.717) is 22.4 Å². The first kappa shape index (κ1) is 13.0. The maximum Gasteiger partial charge on any atom is 0.142 e. The van der Waals surface area contributed by atoms with Crippen LogP contribution in [0.5, 0.6) is 5.75 Å². The van der Waals surface area contributed by atoms with Gasteiger partial charge in [0.25, 0.3) is 0 Å². The first-order chi connectivity index (χ1) is 8.58. The Morgan fingerprint density at radius 2 is 2.11 bits per heavy atom. The molecule has 1 heterocycles. The van der Waals surface area contributed by atoms with Gasteiger partial charge in [-0.2, -0.15) is 0 Å². The third-order valence-corrected chi connectivity index (χ3v) is 2.93.